The Hall–Kier alpha value is -1.99. The second kappa shape index (κ2) is 5.79. The quantitative estimate of drug-likeness (QED) is 0.644. The normalized spacial score (nSPS) is 18.7. The molecule has 0 spiro atoms. The lowest BCUT2D eigenvalue weighted by molar-refractivity contribution is -0.386. The summed E-state index contributed by atoms with van der Waals surface area (Å²) in [4.78, 5) is 13.3. The number of benzene rings is 1. The van der Waals surface area contributed by atoms with Crippen LogP contribution in [-0.4, -0.2) is 24.6 Å². The molecule has 0 amide bonds. The number of ether oxygens (including phenoxy) is 1. The van der Waals surface area contributed by atoms with Crippen LogP contribution >= 0.6 is 11.3 Å². The van der Waals surface area contributed by atoms with Crippen molar-refractivity contribution in [1.29, 1.82) is 0 Å². The van der Waals surface area contributed by atoms with Gasteiger partial charge in [-0.05, 0) is 23.6 Å². The van der Waals surface area contributed by atoms with E-state index in [9.17, 15) is 14.5 Å². The molecule has 1 aromatic carbocycles. The van der Waals surface area contributed by atoms with Gasteiger partial charge in [0.25, 0.3) is 0 Å². The van der Waals surface area contributed by atoms with E-state index in [1.807, 2.05) is 22.4 Å². The molecule has 0 saturated carbocycles. The molecule has 3 rings (SSSR count). The van der Waals surface area contributed by atoms with Gasteiger partial charge < -0.3 is 9.64 Å². The SMILES string of the molecule is O=[N+]([O-])c1c(F)cccc1N1CCOC(c2cccs2)C1. The van der Waals surface area contributed by atoms with E-state index < -0.39 is 16.4 Å². The van der Waals surface area contributed by atoms with Gasteiger partial charge in [0.1, 0.15) is 11.8 Å². The lowest BCUT2D eigenvalue weighted by Crippen LogP contribution is -2.38. The van der Waals surface area contributed by atoms with Crippen molar-refractivity contribution < 1.29 is 14.1 Å². The Bertz CT molecular complexity index is 648. The minimum atomic E-state index is -0.809. The van der Waals surface area contributed by atoms with Gasteiger partial charge in [-0.25, -0.2) is 0 Å². The van der Waals surface area contributed by atoms with Crippen LogP contribution in [0.5, 0.6) is 0 Å². The first-order valence-corrected chi connectivity index (χ1v) is 7.37. The second-order valence-electron chi connectivity index (χ2n) is 4.69. The molecule has 1 fully saturated rings. The van der Waals surface area contributed by atoms with E-state index in [2.05, 4.69) is 0 Å². The monoisotopic (exact) mass is 308 g/mol. The van der Waals surface area contributed by atoms with Gasteiger partial charge in [-0.1, -0.05) is 12.1 Å². The molecule has 1 aliphatic heterocycles. The number of hydrogen-bond acceptors (Lipinski definition) is 5. The van der Waals surface area contributed by atoms with Crippen molar-refractivity contribution in [2.45, 2.75) is 6.10 Å². The molecule has 1 aliphatic rings. The van der Waals surface area contributed by atoms with Crippen LogP contribution in [0.2, 0.25) is 0 Å². The number of thiophene rings is 1. The largest absolute Gasteiger partial charge is 0.369 e. The highest BCUT2D eigenvalue weighted by molar-refractivity contribution is 7.10. The standard InChI is InChI=1S/C14H13FN2O3S/c15-10-3-1-4-11(14(10)17(18)19)16-6-7-20-12(9-16)13-5-2-8-21-13/h1-5,8,12H,6-7,9H2. The first-order valence-electron chi connectivity index (χ1n) is 6.49. The maximum atomic E-state index is 13.7. The third-order valence-electron chi connectivity index (χ3n) is 3.42. The molecule has 1 aromatic heterocycles. The number of hydrogen-bond donors (Lipinski definition) is 0. The fourth-order valence-corrected chi connectivity index (χ4v) is 3.22. The number of halogens is 1. The third kappa shape index (κ3) is 2.74. The maximum Gasteiger partial charge on any atom is 0.327 e. The van der Waals surface area contributed by atoms with Crippen molar-refractivity contribution in [3.05, 3.63) is 56.5 Å². The highest BCUT2D eigenvalue weighted by Gasteiger charge is 2.29. The topological polar surface area (TPSA) is 55.6 Å². The average Bonchev–Trinajstić information content (AvgIpc) is 3.01. The van der Waals surface area contributed by atoms with Gasteiger partial charge in [-0.2, -0.15) is 4.39 Å². The minimum absolute atomic E-state index is 0.137. The molecule has 1 unspecified atom stereocenters. The summed E-state index contributed by atoms with van der Waals surface area (Å²) in [6, 6.07) is 8.09. The van der Waals surface area contributed by atoms with E-state index in [0.717, 1.165) is 10.9 Å². The summed E-state index contributed by atoms with van der Waals surface area (Å²) < 4.78 is 19.4. The van der Waals surface area contributed by atoms with E-state index in [1.54, 1.807) is 17.4 Å². The van der Waals surface area contributed by atoms with Gasteiger partial charge in [-0.15, -0.1) is 11.3 Å². The molecule has 5 nitrogen and oxygen atoms in total. The molecule has 110 valence electrons. The Kier molecular flexibility index (Phi) is 3.85. The second-order valence-corrected chi connectivity index (χ2v) is 5.66. The highest BCUT2D eigenvalue weighted by Crippen LogP contribution is 2.34. The van der Waals surface area contributed by atoms with Crippen molar-refractivity contribution in [2.24, 2.45) is 0 Å². The number of nitro benzene ring substituents is 1. The zero-order valence-electron chi connectivity index (χ0n) is 11.1. The predicted molar refractivity (Wildman–Crippen MR) is 78.3 cm³/mol. The summed E-state index contributed by atoms with van der Waals surface area (Å²) in [5.74, 6) is -0.809. The van der Waals surface area contributed by atoms with Crippen molar-refractivity contribution in [3.8, 4) is 0 Å². The van der Waals surface area contributed by atoms with Crippen LogP contribution in [0.1, 0.15) is 11.0 Å². The van der Waals surface area contributed by atoms with Crippen LogP contribution in [0.15, 0.2) is 35.7 Å². The molecule has 2 aromatic rings. The molecule has 1 saturated heterocycles. The highest BCUT2D eigenvalue weighted by atomic mass is 32.1. The van der Waals surface area contributed by atoms with Crippen molar-refractivity contribution >= 4 is 22.7 Å². The summed E-state index contributed by atoms with van der Waals surface area (Å²) >= 11 is 1.58. The lowest BCUT2D eigenvalue weighted by atomic mass is 10.2. The van der Waals surface area contributed by atoms with Gasteiger partial charge in [0.15, 0.2) is 0 Å². The molecule has 21 heavy (non-hydrogen) atoms. The van der Waals surface area contributed by atoms with Crippen LogP contribution in [0, 0.1) is 15.9 Å². The molecule has 0 radical (unpaired) electrons. The fourth-order valence-electron chi connectivity index (χ4n) is 2.45. The Morgan fingerprint density at radius 1 is 1.38 bits per heavy atom. The summed E-state index contributed by atoms with van der Waals surface area (Å²) in [5, 5.41) is 13.1. The van der Waals surface area contributed by atoms with Gasteiger partial charge >= 0.3 is 5.69 Å². The zero-order valence-corrected chi connectivity index (χ0v) is 11.9. The Morgan fingerprint density at radius 2 is 2.24 bits per heavy atom. The molecule has 2 heterocycles. The fraction of sp³-hybridized carbons (Fsp3) is 0.286. The number of morpholine rings is 1. The van der Waals surface area contributed by atoms with E-state index >= 15 is 0 Å². The summed E-state index contributed by atoms with van der Waals surface area (Å²) in [6.45, 7) is 1.44. The maximum absolute atomic E-state index is 13.7. The molecule has 1 atom stereocenters. The van der Waals surface area contributed by atoms with Gasteiger partial charge in [0.2, 0.25) is 5.82 Å². The van der Waals surface area contributed by atoms with Crippen LogP contribution in [0.3, 0.4) is 0 Å². The minimum Gasteiger partial charge on any atom is -0.369 e. The number of para-hydroxylation sites is 1. The Morgan fingerprint density at radius 3 is 2.95 bits per heavy atom. The van der Waals surface area contributed by atoms with Gasteiger partial charge in [0.05, 0.1) is 11.5 Å². The molecule has 7 heteroatoms. The van der Waals surface area contributed by atoms with Crippen molar-refractivity contribution in [3.63, 3.8) is 0 Å². The van der Waals surface area contributed by atoms with Crippen LogP contribution < -0.4 is 4.90 Å². The van der Waals surface area contributed by atoms with E-state index in [4.69, 9.17) is 4.74 Å². The number of nitro groups is 1. The van der Waals surface area contributed by atoms with Crippen molar-refractivity contribution in [1.82, 2.24) is 0 Å². The van der Waals surface area contributed by atoms with Gasteiger partial charge in [0, 0.05) is 18.0 Å². The first-order chi connectivity index (χ1) is 10.2. The van der Waals surface area contributed by atoms with E-state index in [0.29, 0.717) is 25.4 Å². The van der Waals surface area contributed by atoms with Crippen LogP contribution in [-0.2, 0) is 4.74 Å². The Labute approximate surface area is 124 Å². The first kappa shape index (κ1) is 14.0. The van der Waals surface area contributed by atoms with E-state index in [1.165, 1.54) is 6.07 Å². The van der Waals surface area contributed by atoms with Crippen molar-refractivity contribution in [2.75, 3.05) is 24.6 Å². The smallest absolute Gasteiger partial charge is 0.327 e. The molecular weight excluding hydrogens is 295 g/mol. The Balaban J connectivity index is 1.90. The van der Waals surface area contributed by atoms with Crippen LogP contribution in [0.25, 0.3) is 0 Å². The number of nitrogens with zero attached hydrogens (tertiary/aromatic N) is 2. The average molecular weight is 308 g/mol. The molecular formula is C14H13FN2O3S. The zero-order chi connectivity index (χ0) is 14.8. The van der Waals surface area contributed by atoms with E-state index in [-0.39, 0.29) is 6.10 Å². The summed E-state index contributed by atoms with van der Waals surface area (Å²) in [7, 11) is 0. The number of anilines is 1. The molecule has 0 bridgehead atoms. The number of rotatable bonds is 3. The summed E-state index contributed by atoms with van der Waals surface area (Å²) in [5.41, 5.74) is -0.158. The predicted octanol–water partition coefficient (Wildman–Crippen LogP) is 3.37. The molecule has 0 aliphatic carbocycles. The molecule has 0 N–H and O–H groups in total. The van der Waals surface area contributed by atoms with Crippen LogP contribution in [0.4, 0.5) is 15.8 Å². The summed E-state index contributed by atoms with van der Waals surface area (Å²) in [6.07, 6.45) is -0.137. The third-order valence-corrected chi connectivity index (χ3v) is 4.38. The van der Waals surface area contributed by atoms with Gasteiger partial charge in [-0.3, -0.25) is 10.1 Å². The lowest BCUT2D eigenvalue weighted by Gasteiger charge is -2.33.